The van der Waals surface area contributed by atoms with Crippen molar-refractivity contribution in [2.24, 2.45) is 0 Å². The molecular formula is C4H9KNO8S2+. The van der Waals surface area contributed by atoms with Gasteiger partial charge in [-0.1, -0.05) is 0 Å². The van der Waals surface area contributed by atoms with Crippen molar-refractivity contribution in [2.75, 3.05) is 6.61 Å². The predicted molar refractivity (Wildman–Crippen MR) is 47.0 cm³/mol. The van der Waals surface area contributed by atoms with Crippen molar-refractivity contribution in [3.8, 4) is 0 Å². The van der Waals surface area contributed by atoms with E-state index >= 15 is 0 Å². The van der Waals surface area contributed by atoms with E-state index < -0.39 is 31.0 Å². The molecule has 0 aromatic carbocycles. The first-order valence-corrected chi connectivity index (χ1v) is 6.45. The zero-order valence-electron chi connectivity index (χ0n) is 8.44. The fraction of sp³-hybridized carbons (Fsp3) is 0.750. The second-order valence-corrected chi connectivity index (χ2v) is 5.53. The first kappa shape index (κ1) is 19.1. The molecule has 0 aliphatic carbocycles. The monoisotopic (exact) mass is 302 g/mol. The van der Waals surface area contributed by atoms with Gasteiger partial charge in [0.2, 0.25) is 0 Å². The zero-order chi connectivity index (χ0) is 12.3. The standard InChI is InChI=1S/C4H9NO8S2.K/c1-2-13-3(6)5-4(14(7,8)9)15(10,11)12;/h4H,2H2,1H3,(H,5,6)(H,7,8,9)(H,10,11,12);/q;+1. The van der Waals surface area contributed by atoms with Crippen LogP contribution in [0, 0.1) is 0 Å². The Kier molecular flexibility index (Phi) is 8.61. The van der Waals surface area contributed by atoms with Crippen molar-refractivity contribution >= 4 is 26.3 Å². The molecule has 0 aromatic heterocycles. The van der Waals surface area contributed by atoms with E-state index in [1.165, 1.54) is 12.2 Å². The van der Waals surface area contributed by atoms with Crippen molar-refractivity contribution < 1.29 is 86.9 Å². The summed E-state index contributed by atoms with van der Waals surface area (Å²) in [5.41, 5.74) is 0. The van der Waals surface area contributed by atoms with E-state index in [0.717, 1.165) is 0 Å². The summed E-state index contributed by atoms with van der Waals surface area (Å²) in [5.74, 6) is 0. The Morgan fingerprint density at radius 1 is 1.25 bits per heavy atom. The van der Waals surface area contributed by atoms with Crippen molar-refractivity contribution in [1.29, 1.82) is 0 Å². The third-order valence-corrected chi connectivity index (χ3v) is 3.83. The van der Waals surface area contributed by atoms with Crippen LogP contribution in [-0.4, -0.2) is 43.3 Å². The van der Waals surface area contributed by atoms with Gasteiger partial charge in [-0.05, 0) is 6.92 Å². The molecule has 0 rings (SSSR count). The van der Waals surface area contributed by atoms with Gasteiger partial charge in [-0.15, -0.1) is 0 Å². The van der Waals surface area contributed by atoms with E-state index in [0.29, 0.717) is 0 Å². The average molecular weight is 302 g/mol. The van der Waals surface area contributed by atoms with Crippen LogP contribution in [0.15, 0.2) is 0 Å². The third-order valence-electron chi connectivity index (χ3n) is 1.05. The average Bonchev–Trinajstić information content (AvgIpc) is 1.96. The summed E-state index contributed by atoms with van der Waals surface area (Å²) >= 11 is 0. The van der Waals surface area contributed by atoms with Crippen LogP contribution >= 0.6 is 0 Å². The summed E-state index contributed by atoms with van der Waals surface area (Å²) in [5, 5.41) is 1.26. The maximum Gasteiger partial charge on any atom is 1.00 e. The molecule has 0 aliphatic heterocycles. The molecule has 0 aromatic rings. The Bertz CT molecular complexity index is 395. The van der Waals surface area contributed by atoms with E-state index in [1.54, 1.807) is 0 Å². The van der Waals surface area contributed by atoms with Gasteiger partial charge in [0.1, 0.15) is 0 Å². The van der Waals surface area contributed by atoms with Crippen LogP contribution in [0.5, 0.6) is 0 Å². The maximum atomic E-state index is 10.7. The molecule has 0 atom stereocenters. The Morgan fingerprint density at radius 3 is 1.88 bits per heavy atom. The van der Waals surface area contributed by atoms with Gasteiger partial charge >= 0.3 is 77.7 Å². The van der Waals surface area contributed by atoms with E-state index in [9.17, 15) is 21.6 Å². The Hall–Kier alpha value is 0.726. The molecule has 0 unspecified atom stereocenters. The van der Waals surface area contributed by atoms with E-state index in [-0.39, 0.29) is 58.0 Å². The quantitative estimate of drug-likeness (QED) is 0.350. The Labute approximate surface area is 135 Å². The third kappa shape index (κ3) is 7.13. The molecule has 1 amide bonds. The van der Waals surface area contributed by atoms with Gasteiger partial charge in [-0.3, -0.25) is 14.4 Å². The normalized spacial score (nSPS) is 11.8. The summed E-state index contributed by atoms with van der Waals surface area (Å²) in [7, 11) is -10.4. The van der Waals surface area contributed by atoms with Crippen molar-refractivity contribution in [3.63, 3.8) is 0 Å². The first-order valence-electron chi connectivity index (χ1n) is 3.45. The molecule has 0 saturated carbocycles. The number of alkyl carbamates (subject to hydrolysis) is 1. The van der Waals surface area contributed by atoms with Crippen LogP contribution in [0.2, 0.25) is 0 Å². The molecule has 0 spiro atoms. The predicted octanol–water partition coefficient (Wildman–Crippen LogP) is -4.20. The summed E-state index contributed by atoms with van der Waals surface area (Å²) in [6.45, 7) is 1.24. The van der Waals surface area contributed by atoms with Crippen LogP contribution < -0.4 is 56.7 Å². The minimum absolute atomic E-state index is 0. The summed E-state index contributed by atoms with van der Waals surface area (Å²) in [6.07, 6.45) is -1.40. The molecule has 0 bridgehead atoms. The van der Waals surface area contributed by atoms with Gasteiger partial charge in [-0.25, -0.2) is 4.79 Å². The van der Waals surface area contributed by atoms with Crippen molar-refractivity contribution in [1.82, 2.24) is 5.32 Å². The molecule has 16 heavy (non-hydrogen) atoms. The molecule has 3 N–H and O–H groups in total. The van der Waals surface area contributed by atoms with Gasteiger partial charge in [0.25, 0.3) is 4.71 Å². The number of nitrogens with one attached hydrogen (secondary N) is 1. The number of carbonyl (C=O) groups is 1. The minimum Gasteiger partial charge on any atom is -0.450 e. The van der Waals surface area contributed by atoms with Gasteiger partial charge in [0, 0.05) is 0 Å². The van der Waals surface area contributed by atoms with E-state index in [2.05, 4.69) is 4.74 Å². The molecule has 0 saturated heterocycles. The van der Waals surface area contributed by atoms with Crippen LogP contribution in [0.4, 0.5) is 4.79 Å². The summed E-state index contributed by atoms with van der Waals surface area (Å²) in [6, 6.07) is 0. The fourth-order valence-electron chi connectivity index (χ4n) is 0.572. The zero-order valence-corrected chi connectivity index (χ0v) is 13.2. The molecule has 0 fully saturated rings. The first-order chi connectivity index (χ1) is 6.59. The fourth-order valence-corrected chi connectivity index (χ4v) is 2.29. The molecule has 90 valence electrons. The molecular weight excluding hydrogens is 293 g/mol. The van der Waals surface area contributed by atoms with Gasteiger partial charge in [0.05, 0.1) is 6.61 Å². The molecule has 0 radical (unpaired) electrons. The Morgan fingerprint density at radius 2 is 1.62 bits per heavy atom. The number of carbonyl (C=O) groups excluding carboxylic acids is 1. The number of hydrogen-bond donors (Lipinski definition) is 3. The van der Waals surface area contributed by atoms with Crippen LogP contribution in [0.3, 0.4) is 0 Å². The molecule has 0 heterocycles. The van der Waals surface area contributed by atoms with Crippen LogP contribution in [0.1, 0.15) is 6.92 Å². The number of ether oxygens (including phenoxy) is 1. The van der Waals surface area contributed by atoms with E-state index in [4.69, 9.17) is 9.11 Å². The summed E-state index contributed by atoms with van der Waals surface area (Å²) in [4.78, 5) is 10.7. The van der Waals surface area contributed by atoms with Crippen LogP contribution in [0.25, 0.3) is 0 Å². The van der Waals surface area contributed by atoms with Crippen molar-refractivity contribution in [2.45, 2.75) is 11.6 Å². The largest absolute Gasteiger partial charge is 1.00 e. The van der Waals surface area contributed by atoms with E-state index in [1.807, 2.05) is 0 Å². The van der Waals surface area contributed by atoms with Crippen molar-refractivity contribution in [3.05, 3.63) is 0 Å². The minimum atomic E-state index is -5.19. The number of rotatable bonds is 4. The van der Waals surface area contributed by atoms with Gasteiger partial charge < -0.3 is 4.74 Å². The molecule has 0 aliphatic rings. The Balaban J connectivity index is 0. The van der Waals surface area contributed by atoms with Crippen LogP contribution in [-0.2, 0) is 25.0 Å². The summed E-state index contributed by atoms with van der Waals surface area (Å²) < 4.78 is 59.9. The second kappa shape index (κ2) is 7.23. The SMILES string of the molecule is CCOC(=O)NC(S(=O)(=O)O)S(=O)(=O)O.[K+]. The molecule has 12 heteroatoms. The number of hydrogen-bond acceptors (Lipinski definition) is 6. The molecule has 9 nitrogen and oxygen atoms in total. The number of amides is 1. The smallest absolute Gasteiger partial charge is 0.450 e. The maximum absolute atomic E-state index is 10.7. The van der Waals surface area contributed by atoms with Gasteiger partial charge in [-0.2, -0.15) is 16.8 Å². The van der Waals surface area contributed by atoms with Gasteiger partial charge in [0.15, 0.2) is 0 Å². The topological polar surface area (TPSA) is 147 Å². The second-order valence-electron chi connectivity index (χ2n) is 2.23.